The van der Waals surface area contributed by atoms with E-state index in [9.17, 15) is 5.11 Å². The number of nitrogens with one attached hydrogen (secondary N) is 1. The maximum atomic E-state index is 9.89. The van der Waals surface area contributed by atoms with Gasteiger partial charge in [-0.3, -0.25) is 0 Å². The van der Waals surface area contributed by atoms with Crippen molar-refractivity contribution in [1.29, 1.82) is 0 Å². The van der Waals surface area contributed by atoms with Crippen LogP contribution in [-0.4, -0.2) is 29.9 Å². The second-order valence-corrected chi connectivity index (χ2v) is 5.70. The van der Waals surface area contributed by atoms with Gasteiger partial charge >= 0.3 is 0 Å². The van der Waals surface area contributed by atoms with Gasteiger partial charge in [0.05, 0.1) is 0 Å². The normalized spacial score (nSPS) is 12.4. The Morgan fingerprint density at radius 2 is 2.00 bits per heavy atom. The second-order valence-electron chi connectivity index (χ2n) is 5.70. The summed E-state index contributed by atoms with van der Waals surface area (Å²) in [4.78, 5) is 0. The zero-order valence-corrected chi connectivity index (χ0v) is 13.4. The molecule has 0 radical (unpaired) electrons. The summed E-state index contributed by atoms with van der Waals surface area (Å²) in [5.41, 5.74) is 1.09. The van der Waals surface area contributed by atoms with Gasteiger partial charge in [0.15, 0.2) is 0 Å². The first kappa shape index (κ1) is 19.0. The lowest BCUT2D eigenvalue weighted by atomic mass is 10.1. The molecule has 0 bridgehead atoms. The van der Waals surface area contributed by atoms with Crippen LogP contribution in [0.15, 0.2) is 36.9 Å². The van der Waals surface area contributed by atoms with Crippen molar-refractivity contribution >= 4 is 12.4 Å². The van der Waals surface area contributed by atoms with E-state index in [-0.39, 0.29) is 24.6 Å². The standard InChI is InChI=1S/C16H25NO2.ClH/c1-5-8-13-9-6-7-10-15(13)19-12-14(18)11-17-16(2,3)4;/h5-7,9-10,14,17-18H,1,8,11-12H2,2-4H3;1H. The Kier molecular flexibility index (Phi) is 8.54. The third kappa shape index (κ3) is 7.53. The highest BCUT2D eigenvalue weighted by Gasteiger charge is 2.13. The van der Waals surface area contributed by atoms with Crippen molar-refractivity contribution in [2.75, 3.05) is 13.2 Å². The van der Waals surface area contributed by atoms with Gasteiger partial charge in [0.1, 0.15) is 18.5 Å². The lowest BCUT2D eigenvalue weighted by Gasteiger charge is -2.23. The van der Waals surface area contributed by atoms with Crippen LogP contribution >= 0.6 is 12.4 Å². The first-order valence-corrected chi connectivity index (χ1v) is 6.67. The number of ether oxygens (including phenoxy) is 1. The second kappa shape index (κ2) is 9.01. The van der Waals surface area contributed by atoms with Crippen molar-refractivity contribution < 1.29 is 9.84 Å². The molecule has 1 rings (SSSR count). The van der Waals surface area contributed by atoms with Gasteiger partial charge in [-0.1, -0.05) is 24.3 Å². The van der Waals surface area contributed by atoms with Gasteiger partial charge in [-0.25, -0.2) is 0 Å². The molecule has 1 unspecified atom stereocenters. The van der Waals surface area contributed by atoms with Crippen LogP contribution in [0.5, 0.6) is 5.75 Å². The molecule has 4 heteroatoms. The maximum absolute atomic E-state index is 9.89. The van der Waals surface area contributed by atoms with Crippen molar-refractivity contribution in [1.82, 2.24) is 5.32 Å². The van der Waals surface area contributed by atoms with E-state index >= 15 is 0 Å². The third-order valence-electron chi connectivity index (χ3n) is 2.64. The number of β-amino-alcohol motifs (C(OH)–C–C–N with tert-alkyl or cyclic N) is 1. The molecule has 0 aliphatic rings. The van der Waals surface area contributed by atoms with Crippen molar-refractivity contribution in [2.45, 2.75) is 38.8 Å². The summed E-state index contributed by atoms with van der Waals surface area (Å²) in [6.07, 6.45) is 2.10. The molecule has 2 N–H and O–H groups in total. The molecule has 0 aliphatic carbocycles. The molecule has 0 aromatic heterocycles. The minimum Gasteiger partial charge on any atom is -0.491 e. The predicted molar refractivity (Wildman–Crippen MR) is 86.8 cm³/mol. The average Bonchev–Trinajstić information content (AvgIpc) is 2.35. The van der Waals surface area contributed by atoms with Crippen LogP contribution < -0.4 is 10.1 Å². The van der Waals surface area contributed by atoms with Crippen LogP contribution in [0, 0.1) is 0 Å². The lowest BCUT2D eigenvalue weighted by molar-refractivity contribution is 0.0996. The Labute approximate surface area is 128 Å². The molecule has 0 aliphatic heterocycles. The highest BCUT2D eigenvalue weighted by Crippen LogP contribution is 2.18. The van der Waals surface area contributed by atoms with Gasteiger partial charge in [0.25, 0.3) is 0 Å². The number of benzene rings is 1. The molecule has 3 nitrogen and oxygen atoms in total. The zero-order chi connectivity index (χ0) is 14.3. The van der Waals surface area contributed by atoms with Crippen LogP contribution in [0.25, 0.3) is 0 Å². The smallest absolute Gasteiger partial charge is 0.122 e. The number of aliphatic hydroxyl groups excluding tert-OH is 1. The van der Waals surface area contributed by atoms with E-state index in [0.29, 0.717) is 6.54 Å². The topological polar surface area (TPSA) is 41.5 Å². The van der Waals surface area contributed by atoms with E-state index in [1.54, 1.807) is 0 Å². The molecule has 114 valence electrons. The lowest BCUT2D eigenvalue weighted by Crippen LogP contribution is -2.42. The molecule has 1 aromatic carbocycles. The first-order chi connectivity index (χ1) is 8.92. The van der Waals surface area contributed by atoms with Gasteiger partial charge in [-0.15, -0.1) is 19.0 Å². The van der Waals surface area contributed by atoms with Crippen LogP contribution in [0.1, 0.15) is 26.3 Å². The molecular formula is C16H26ClNO2. The molecule has 1 atom stereocenters. The third-order valence-corrected chi connectivity index (χ3v) is 2.64. The highest BCUT2D eigenvalue weighted by molar-refractivity contribution is 5.85. The Balaban J connectivity index is 0.00000361. The summed E-state index contributed by atoms with van der Waals surface area (Å²) in [5.74, 6) is 0.817. The molecule has 0 spiro atoms. The number of para-hydroxylation sites is 1. The zero-order valence-electron chi connectivity index (χ0n) is 12.6. The number of rotatable bonds is 7. The van der Waals surface area contributed by atoms with E-state index in [0.717, 1.165) is 17.7 Å². The molecule has 0 saturated carbocycles. The Morgan fingerprint density at radius 1 is 1.35 bits per heavy atom. The van der Waals surface area contributed by atoms with Crippen molar-refractivity contribution in [3.8, 4) is 5.75 Å². The monoisotopic (exact) mass is 299 g/mol. The SMILES string of the molecule is C=CCc1ccccc1OCC(O)CNC(C)(C)C.Cl. The molecular weight excluding hydrogens is 274 g/mol. The van der Waals surface area contributed by atoms with Gasteiger partial charge in [-0.05, 0) is 38.8 Å². The Hall–Kier alpha value is -1.03. The van der Waals surface area contributed by atoms with Crippen molar-refractivity contribution in [3.05, 3.63) is 42.5 Å². The Morgan fingerprint density at radius 3 is 2.60 bits per heavy atom. The number of hydrogen-bond acceptors (Lipinski definition) is 3. The number of hydrogen-bond donors (Lipinski definition) is 2. The van der Waals surface area contributed by atoms with Crippen LogP contribution in [-0.2, 0) is 6.42 Å². The Bertz CT molecular complexity index is 402. The quantitative estimate of drug-likeness (QED) is 0.761. The summed E-state index contributed by atoms with van der Waals surface area (Å²) < 4.78 is 5.68. The first-order valence-electron chi connectivity index (χ1n) is 6.67. The molecule has 0 fully saturated rings. The number of aliphatic hydroxyl groups is 1. The molecule has 1 aromatic rings. The number of allylic oxidation sites excluding steroid dienone is 1. The fourth-order valence-electron chi connectivity index (χ4n) is 1.64. The molecule has 0 amide bonds. The van der Waals surface area contributed by atoms with E-state index in [1.165, 1.54) is 0 Å². The molecule has 0 heterocycles. The van der Waals surface area contributed by atoms with E-state index in [2.05, 4.69) is 32.7 Å². The van der Waals surface area contributed by atoms with E-state index in [4.69, 9.17) is 4.74 Å². The fraction of sp³-hybridized carbons (Fsp3) is 0.500. The van der Waals surface area contributed by atoms with E-state index in [1.807, 2.05) is 30.3 Å². The van der Waals surface area contributed by atoms with Crippen molar-refractivity contribution in [3.63, 3.8) is 0 Å². The average molecular weight is 300 g/mol. The fourth-order valence-corrected chi connectivity index (χ4v) is 1.64. The summed E-state index contributed by atoms with van der Waals surface area (Å²) in [7, 11) is 0. The highest BCUT2D eigenvalue weighted by atomic mass is 35.5. The maximum Gasteiger partial charge on any atom is 0.122 e. The minimum absolute atomic E-state index is 0. The van der Waals surface area contributed by atoms with Gasteiger partial charge < -0.3 is 15.2 Å². The van der Waals surface area contributed by atoms with Crippen LogP contribution in [0.4, 0.5) is 0 Å². The minimum atomic E-state index is -0.518. The van der Waals surface area contributed by atoms with Gasteiger partial charge in [-0.2, -0.15) is 0 Å². The summed E-state index contributed by atoms with van der Waals surface area (Å²) in [6.45, 7) is 10.8. The summed E-state index contributed by atoms with van der Waals surface area (Å²) in [5, 5.41) is 13.1. The predicted octanol–water partition coefficient (Wildman–Crippen LogP) is 2.96. The van der Waals surface area contributed by atoms with E-state index < -0.39 is 6.10 Å². The van der Waals surface area contributed by atoms with Crippen molar-refractivity contribution in [2.24, 2.45) is 0 Å². The largest absolute Gasteiger partial charge is 0.491 e. The number of halogens is 1. The van der Waals surface area contributed by atoms with Crippen LogP contribution in [0.3, 0.4) is 0 Å². The van der Waals surface area contributed by atoms with Crippen LogP contribution in [0.2, 0.25) is 0 Å². The molecule has 20 heavy (non-hydrogen) atoms. The van der Waals surface area contributed by atoms with Gasteiger partial charge in [0.2, 0.25) is 0 Å². The summed E-state index contributed by atoms with van der Waals surface area (Å²) in [6, 6.07) is 7.84. The summed E-state index contributed by atoms with van der Waals surface area (Å²) >= 11 is 0. The van der Waals surface area contributed by atoms with Gasteiger partial charge in [0, 0.05) is 12.1 Å². The molecule has 0 saturated heterocycles.